The highest BCUT2D eigenvalue weighted by atomic mass is 32.2. The molecule has 9 heteroatoms. The number of urea groups is 1. The molecule has 1 atom stereocenters. The lowest BCUT2D eigenvalue weighted by atomic mass is 10.1. The van der Waals surface area contributed by atoms with Crippen molar-refractivity contribution < 1.29 is 18.0 Å². The summed E-state index contributed by atoms with van der Waals surface area (Å²) < 4.78 is 26.7. The van der Waals surface area contributed by atoms with Gasteiger partial charge in [0, 0.05) is 31.7 Å². The number of rotatable bonds is 4. The van der Waals surface area contributed by atoms with E-state index in [1.54, 1.807) is 37.3 Å². The second kappa shape index (κ2) is 8.37. The van der Waals surface area contributed by atoms with Crippen LogP contribution in [0.2, 0.25) is 0 Å². The third-order valence-corrected chi connectivity index (χ3v) is 6.22. The largest absolute Gasteiger partial charge is 0.333 e. The Morgan fingerprint density at radius 3 is 2.11 bits per heavy atom. The Morgan fingerprint density at radius 2 is 1.59 bits per heavy atom. The molecule has 1 aliphatic rings. The van der Waals surface area contributed by atoms with Crippen molar-refractivity contribution in [1.29, 1.82) is 0 Å². The van der Waals surface area contributed by atoms with Gasteiger partial charge in [0.15, 0.2) is 0 Å². The van der Waals surface area contributed by atoms with E-state index in [-0.39, 0.29) is 4.90 Å². The number of carbonyl (C=O) groups excluding carboxylic acids is 2. The van der Waals surface area contributed by atoms with E-state index >= 15 is 0 Å². The molecule has 2 rings (SSSR count). The highest BCUT2D eigenvalue weighted by molar-refractivity contribution is 7.89. The van der Waals surface area contributed by atoms with Gasteiger partial charge in [0.05, 0.1) is 10.9 Å². The molecule has 1 unspecified atom stereocenters. The molecule has 0 aromatic heterocycles. The Balaban J connectivity index is 1.91. The Morgan fingerprint density at radius 1 is 1.04 bits per heavy atom. The van der Waals surface area contributed by atoms with Gasteiger partial charge in [0.1, 0.15) is 0 Å². The number of imide groups is 1. The summed E-state index contributed by atoms with van der Waals surface area (Å²) in [6.45, 7) is 8.61. The fourth-order valence-corrected chi connectivity index (χ4v) is 4.27. The maximum Gasteiger partial charge on any atom is 0.321 e. The number of carbonyl (C=O) groups is 2. The Kier molecular flexibility index (Phi) is 6.61. The molecule has 1 aromatic carbocycles. The number of nitrogens with one attached hydrogen (secondary N) is 2. The minimum Gasteiger partial charge on any atom is -0.333 e. The summed E-state index contributed by atoms with van der Waals surface area (Å²) in [5, 5.41) is 5.01. The SMILES string of the molecule is CC(C(=O)NC(=O)NC(C)(C)C)N1CCN(S(=O)(=O)c2ccccc2)CC1. The van der Waals surface area contributed by atoms with E-state index in [4.69, 9.17) is 0 Å². The number of nitrogens with zero attached hydrogens (tertiary/aromatic N) is 2. The lowest BCUT2D eigenvalue weighted by molar-refractivity contribution is -0.125. The van der Waals surface area contributed by atoms with E-state index in [0.717, 1.165) is 0 Å². The molecule has 0 bridgehead atoms. The normalized spacial score (nSPS) is 17.9. The minimum atomic E-state index is -3.53. The van der Waals surface area contributed by atoms with Crippen LogP contribution in [-0.4, -0.2) is 67.3 Å². The van der Waals surface area contributed by atoms with Crippen molar-refractivity contribution in [1.82, 2.24) is 19.8 Å². The fraction of sp³-hybridized carbons (Fsp3) is 0.556. The molecule has 0 saturated carbocycles. The fourth-order valence-electron chi connectivity index (χ4n) is 2.83. The van der Waals surface area contributed by atoms with Gasteiger partial charge in [-0.05, 0) is 39.8 Å². The predicted octanol–water partition coefficient (Wildman–Crippen LogP) is 1.01. The second-order valence-corrected chi connectivity index (χ2v) is 9.56. The Labute approximate surface area is 161 Å². The summed E-state index contributed by atoms with van der Waals surface area (Å²) in [4.78, 5) is 26.3. The lowest BCUT2D eigenvalue weighted by Gasteiger charge is -2.36. The quantitative estimate of drug-likeness (QED) is 0.791. The van der Waals surface area contributed by atoms with E-state index in [0.29, 0.717) is 26.2 Å². The summed E-state index contributed by atoms with van der Waals surface area (Å²) in [5.74, 6) is -0.406. The van der Waals surface area contributed by atoms with Gasteiger partial charge in [0.2, 0.25) is 15.9 Å². The first-order valence-corrected chi connectivity index (χ1v) is 10.4. The molecule has 3 amide bonds. The number of piperazine rings is 1. The first kappa shape index (κ1) is 21.3. The first-order chi connectivity index (χ1) is 12.5. The molecular formula is C18H28N4O4S. The summed E-state index contributed by atoms with van der Waals surface area (Å²) in [5.41, 5.74) is -0.439. The standard InChI is InChI=1S/C18H28N4O4S/c1-14(16(23)19-17(24)20-18(2,3)4)21-10-12-22(13-11-21)27(25,26)15-8-6-5-7-9-15/h5-9,14H,10-13H2,1-4H3,(H2,19,20,23,24). The van der Waals surface area contributed by atoms with Gasteiger partial charge >= 0.3 is 6.03 Å². The van der Waals surface area contributed by atoms with Gasteiger partial charge in [0.25, 0.3) is 0 Å². The highest BCUT2D eigenvalue weighted by Gasteiger charge is 2.32. The monoisotopic (exact) mass is 396 g/mol. The molecular weight excluding hydrogens is 368 g/mol. The van der Waals surface area contributed by atoms with Crippen molar-refractivity contribution >= 4 is 22.0 Å². The van der Waals surface area contributed by atoms with Crippen LogP contribution in [-0.2, 0) is 14.8 Å². The average Bonchev–Trinajstić information content (AvgIpc) is 2.60. The van der Waals surface area contributed by atoms with Gasteiger partial charge in [-0.1, -0.05) is 18.2 Å². The van der Waals surface area contributed by atoms with Gasteiger partial charge in [-0.2, -0.15) is 4.31 Å². The maximum atomic E-state index is 12.7. The zero-order valence-electron chi connectivity index (χ0n) is 16.2. The highest BCUT2D eigenvalue weighted by Crippen LogP contribution is 2.18. The van der Waals surface area contributed by atoms with Crippen LogP contribution < -0.4 is 10.6 Å². The van der Waals surface area contributed by atoms with Crippen molar-refractivity contribution in [2.45, 2.75) is 44.2 Å². The second-order valence-electron chi connectivity index (χ2n) is 7.62. The molecule has 1 aromatic rings. The van der Waals surface area contributed by atoms with E-state index in [9.17, 15) is 18.0 Å². The van der Waals surface area contributed by atoms with E-state index in [1.807, 2.05) is 25.7 Å². The zero-order valence-corrected chi connectivity index (χ0v) is 17.0. The number of hydrogen-bond acceptors (Lipinski definition) is 5. The molecule has 0 aliphatic carbocycles. The first-order valence-electron chi connectivity index (χ1n) is 8.93. The van der Waals surface area contributed by atoms with Gasteiger partial charge < -0.3 is 5.32 Å². The Hall–Kier alpha value is -1.97. The van der Waals surface area contributed by atoms with Crippen molar-refractivity contribution in [3.05, 3.63) is 30.3 Å². The average molecular weight is 397 g/mol. The van der Waals surface area contributed by atoms with Crippen LogP contribution in [0.5, 0.6) is 0 Å². The third-order valence-electron chi connectivity index (χ3n) is 4.31. The number of amides is 3. The number of sulfonamides is 1. The van der Waals surface area contributed by atoms with Gasteiger partial charge in [-0.15, -0.1) is 0 Å². The van der Waals surface area contributed by atoms with Crippen LogP contribution in [0.3, 0.4) is 0 Å². The molecule has 0 radical (unpaired) electrons. The van der Waals surface area contributed by atoms with Crippen LogP contribution in [0.4, 0.5) is 4.79 Å². The Bertz CT molecular complexity index is 766. The van der Waals surface area contributed by atoms with Crippen molar-refractivity contribution in [3.8, 4) is 0 Å². The van der Waals surface area contributed by atoms with Crippen LogP contribution in [0.15, 0.2) is 35.2 Å². The molecule has 150 valence electrons. The van der Waals surface area contributed by atoms with Crippen LogP contribution in [0, 0.1) is 0 Å². The van der Waals surface area contributed by atoms with E-state index < -0.39 is 33.5 Å². The molecule has 8 nitrogen and oxygen atoms in total. The van der Waals surface area contributed by atoms with Crippen LogP contribution in [0.1, 0.15) is 27.7 Å². The molecule has 1 aliphatic heterocycles. The van der Waals surface area contributed by atoms with Crippen molar-refractivity contribution in [2.75, 3.05) is 26.2 Å². The topological polar surface area (TPSA) is 98.8 Å². The molecule has 1 saturated heterocycles. The van der Waals surface area contributed by atoms with Crippen LogP contribution in [0.25, 0.3) is 0 Å². The van der Waals surface area contributed by atoms with E-state index in [2.05, 4.69) is 10.6 Å². The number of hydrogen-bond donors (Lipinski definition) is 2. The third kappa shape index (κ3) is 5.75. The number of benzene rings is 1. The van der Waals surface area contributed by atoms with Crippen LogP contribution >= 0.6 is 0 Å². The smallest absolute Gasteiger partial charge is 0.321 e. The predicted molar refractivity (Wildman–Crippen MR) is 103 cm³/mol. The summed E-state index contributed by atoms with van der Waals surface area (Å²) >= 11 is 0. The summed E-state index contributed by atoms with van der Waals surface area (Å²) in [7, 11) is -3.53. The molecule has 1 fully saturated rings. The molecule has 2 N–H and O–H groups in total. The summed E-state index contributed by atoms with van der Waals surface area (Å²) in [6, 6.07) is 7.24. The maximum absolute atomic E-state index is 12.7. The van der Waals surface area contributed by atoms with E-state index in [1.165, 1.54) is 4.31 Å². The van der Waals surface area contributed by atoms with Crippen molar-refractivity contribution in [2.24, 2.45) is 0 Å². The van der Waals surface area contributed by atoms with Crippen molar-refractivity contribution in [3.63, 3.8) is 0 Å². The molecule has 0 spiro atoms. The minimum absolute atomic E-state index is 0.267. The molecule has 27 heavy (non-hydrogen) atoms. The van der Waals surface area contributed by atoms with Gasteiger partial charge in [-0.3, -0.25) is 15.0 Å². The van der Waals surface area contributed by atoms with Gasteiger partial charge in [-0.25, -0.2) is 13.2 Å². The molecule has 1 heterocycles. The zero-order chi connectivity index (χ0) is 20.2. The summed E-state index contributed by atoms with van der Waals surface area (Å²) in [6.07, 6.45) is 0. The lowest BCUT2D eigenvalue weighted by Crippen LogP contribution is -2.57.